The Kier molecular flexibility index (Phi) is 62.6. The van der Waals surface area contributed by atoms with Gasteiger partial charge in [-0.2, -0.15) is 0 Å². The molecule has 0 spiro atoms. The Morgan fingerprint density at radius 3 is 0.541 bits per heavy atom. The molecule has 0 heterocycles. The third kappa shape index (κ3) is 61.3. The van der Waals surface area contributed by atoms with E-state index in [2.05, 4.69) is 20.8 Å². The van der Waals surface area contributed by atoms with Crippen molar-refractivity contribution in [2.75, 3.05) is 13.2 Å². The Labute approximate surface area is 463 Å². The summed E-state index contributed by atoms with van der Waals surface area (Å²) in [7, 11) is 0. The number of ether oxygens (including phenoxy) is 3. The summed E-state index contributed by atoms with van der Waals surface area (Å²) in [5, 5.41) is 0. The molecule has 1 unspecified atom stereocenters. The average molecular weight is 1050 g/mol. The van der Waals surface area contributed by atoms with Gasteiger partial charge in [0, 0.05) is 19.3 Å². The minimum absolute atomic E-state index is 0.0609. The fraction of sp³-hybridized carbons (Fsp3) is 0.956. The SMILES string of the molecule is CCCCCCCCCCCCCCCCCCCCCCCCCCCCCC(=O)OCC(COC(=O)CCCCCCCCCCC)OC(=O)CCCCCCCCCCCCCCCCCCCCCC. The topological polar surface area (TPSA) is 78.9 Å². The van der Waals surface area contributed by atoms with E-state index < -0.39 is 6.10 Å². The second-order valence-corrected chi connectivity index (χ2v) is 23.5. The second-order valence-electron chi connectivity index (χ2n) is 23.5. The van der Waals surface area contributed by atoms with Gasteiger partial charge in [0.2, 0.25) is 0 Å². The molecule has 0 rings (SSSR count). The molecule has 0 aliphatic carbocycles. The Balaban J connectivity index is 4.07. The van der Waals surface area contributed by atoms with Crippen LogP contribution in [0.1, 0.15) is 400 Å². The van der Waals surface area contributed by atoms with Crippen molar-refractivity contribution in [2.24, 2.45) is 0 Å². The molecule has 440 valence electrons. The van der Waals surface area contributed by atoms with Crippen LogP contribution in [0.3, 0.4) is 0 Å². The zero-order valence-electron chi connectivity index (χ0n) is 50.7. The third-order valence-corrected chi connectivity index (χ3v) is 15.9. The number of carbonyl (C=O) groups excluding carboxylic acids is 3. The van der Waals surface area contributed by atoms with Crippen molar-refractivity contribution in [3.8, 4) is 0 Å². The van der Waals surface area contributed by atoms with E-state index in [4.69, 9.17) is 14.2 Å². The highest BCUT2D eigenvalue weighted by Crippen LogP contribution is 2.19. The van der Waals surface area contributed by atoms with Gasteiger partial charge in [0.25, 0.3) is 0 Å². The summed E-state index contributed by atoms with van der Waals surface area (Å²) in [6, 6.07) is 0. The Hall–Kier alpha value is -1.59. The highest BCUT2D eigenvalue weighted by atomic mass is 16.6. The fourth-order valence-corrected chi connectivity index (χ4v) is 10.7. The lowest BCUT2D eigenvalue weighted by atomic mass is 10.0. The summed E-state index contributed by atoms with van der Waals surface area (Å²) in [6.07, 6.45) is 74.3. The van der Waals surface area contributed by atoms with Crippen LogP contribution in [0.5, 0.6) is 0 Å². The molecule has 0 radical (unpaired) electrons. The highest BCUT2D eigenvalue weighted by molar-refractivity contribution is 5.71. The molecule has 0 amide bonds. The minimum Gasteiger partial charge on any atom is -0.462 e. The lowest BCUT2D eigenvalue weighted by Gasteiger charge is -2.18. The first-order valence-electron chi connectivity index (χ1n) is 34.0. The van der Waals surface area contributed by atoms with Crippen molar-refractivity contribution >= 4 is 17.9 Å². The predicted octanol–water partition coefficient (Wildman–Crippen LogP) is 23.1. The van der Waals surface area contributed by atoms with E-state index in [-0.39, 0.29) is 31.1 Å². The standard InChI is InChI=1S/C68H132O6/c1-4-7-10-13-16-19-21-23-25-27-29-31-32-33-34-35-36-37-39-40-42-44-46-49-52-55-58-61-67(70)73-64-65(63-72-66(69)60-57-54-51-48-18-15-12-9-6-3)74-68(71)62-59-56-53-50-47-45-43-41-38-30-28-26-24-22-20-17-14-11-8-5-2/h65H,4-64H2,1-3H3. The van der Waals surface area contributed by atoms with E-state index in [1.165, 1.54) is 302 Å². The number of carbonyl (C=O) groups is 3. The zero-order chi connectivity index (χ0) is 53.6. The summed E-state index contributed by atoms with van der Waals surface area (Å²) >= 11 is 0. The summed E-state index contributed by atoms with van der Waals surface area (Å²) in [4.78, 5) is 38.2. The van der Waals surface area contributed by atoms with Gasteiger partial charge in [-0.25, -0.2) is 0 Å². The van der Waals surface area contributed by atoms with Gasteiger partial charge in [-0.1, -0.05) is 361 Å². The molecule has 0 saturated carbocycles. The summed E-state index contributed by atoms with van der Waals surface area (Å²) in [5.74, 6) is -0.829. The monoisotopic (exact) mass is 1050 g/mol. The molecule has 0 aliphatic heterocycles. The molecule has 0 saturated heterocycles. The number of unbranched alkanes of at least 4 members (excludes halogenated alkanes) is 53. The molecular weight excluding hydrogens is 913 g/mol. The first kappa shape index (κ1) is 72.4. The molecule has 74 heavy (non-hydrogen) atoms. The smallest absolute Gasteiger partial charge is 0.306 e. The van der Waals surface area contributed by atoms with Crippen molar-refractivity contribution in [2.45, 2.75) is 406 Å². The maximum Gasteiger partial charge on any atom is 0.306 e. The minimum atomic E-state index is -0.762. The van der Waals surface area contributed by atoms with Crippen LogP contribution < -0.4 is 0 Å². The molecule has 6 nitrogen and oxygen atoms in total. The lowest BCUT2D eigenvalue weighted by molar-refractivity contribution is -0.167. The Morgan fingerprint density at radius 2 is 0.365 bits per heavy atom. The predicted molar refractivity (Wildman–Crippen MR) is 321 cm³/mol. The number of hydrogen-bond acceptors (Lipinski definition) is 6. The summed E-state index contributed by atoms with van der Waals surface area (Å²) < 4.78 is 16.9. The Bertz CT molecular complexity index is 1110. The van der Waals surface area contributed by atoms with Gasteiger partial charge in [0.05, 0.1) is 0 Å². The van der Waals surface area contributed by atoms with Crippen LogP contribution in [0.4, 0.5) is 0 Å². The molecule has 0 aromatic rings. The zero-order valence-corrected chi connectivity index (χ0v) is 50.7. The van der Waals surface area contributed by atoms with Crippen molar-refractivity contribution < 1.29 is 28.6 Å². The van der Waals surface area contributed by atoms with Crippen molar-refractivity contribution in [3.05, 3.63) is 0 Å². The molecule has 0 aromatic carbocycles. The number of rotatable bonds is 64. The largest absolute Gasteiger partial charge is 0.462 e. The summed E-state index contributed by atoms with van der Waals surface area (Å²) in [5.41, 5.74) is 0. The number of esters is 3. The molecular formula is C68H132O6. The van der Waals surface area contributed by atoms with E-state index in [0.717, 1.165) is 57.8 Å². The quantitative estimate of drug-likeness (QED) is 0.0343. The maximum atomic E-state index is 12.9. The van der Waals surface area contributed by atoms with Crippen LogP contribution >= 0.6 is 0 Å². The second kappa shape index (κ2) is 63.9. The van der Waals surface area contributed by atoms with Crippen LogP contribution in [0.2, 0.25) is 0 Å². The molecule has 0 N–H and O–H groups in total. The van der Waals surface area contributed by atoms with Crippen LogP contribution in [0, 0.1) is 0 Å². The number of hydrogen-bond donors (Lipinski definition) is 0. The molecule has 0 fully saturated rings. The molecule has 0 aliphatic rings. The first-order chi connectivity index (χ1) is 36.5. The molecule has 1 atom stereocenters. The first-order valence-corrected chi connectivity index (χ1v) is 34.0. The van der Waals surface area contributed by atoms with E-state index in [0.29, 0.717) is 19.3 Å². The van der Waals surface area contributed by atoms with E-state index in [1.807, 2.05) is 0 Å². The van der Waals surface area contributed by atoms with Gasteiger partial charge in [-0.3, -0.25) is 14.4 Å². The Morgan fingerprint density at radius 1 is 0.216 bits per heavy atom. The molecule has 6 heteroatoms. The highest BCUT2D eigenvalue weighted by Gasteiger charge is 2.19. The van der Waals surface area contributed by atoms with Gasteiger partial charge in [-0.15, -0.1) is 0 Å². The molecule has 0 bridgehead atoms. The van der Waals surface area contributed by atoms with Gasteiger partial charge >= 0.3 is 17.9 Å². The normalized spacial score (nSPS) is 11.9. The lowest BCUT2D eigenvalue weighted by Crippen LogP contribution is -2.30. The summed E-state index contributed by atoms with van der Waals surface area (Å²) in [6.45, 7) is 6.71. The van der Waals surface area contributed by atoms with Gasteiger partial charge in [0.15, 0.2) is 6.10 Å². The van der Waals surface area contributed by atoms with Crippen molar-refractivity contribution in [1.82, 2.24) is 0 Å². The van der Waals surface area contributed by atoms with Gasteiger partial charge in [-0.05, 0) is 19.3 Å². The molecule has 0 aromatic heterocycles. The van der Waals surface area contributed by atoms with E-state index in [9.17, 15) is 14.4 Å². The van der Waals surface area contributed by atoms with Crippen LogP contribution in [-0.4, -0.2) is 37.2 Å². The van der Waals surface area contributed by atoms with Crippen LogP contribution in [0.15, 0.2) is 0 Å². The fourth-order valence-electron chi connectivity index (χ4n) is 10.7. The van der Waals surface area contributed by atoms with Crippen molar-refractivity contribution in [3.63, 3.8) is 0 Å². The van der Waals surface area contributed by atoms with Crippen molar-refractivity contribution in [1.29, 1.82) is 0 Å². The van der Waals surface area contributed by atoms with Gasteiger partial charge < -0.3 is 14.2 Å². The van der Waals surface area contributed by atoms with E-state index in [1.54, 1.807) is 0 Å². The third-order valence-electron chi connectivity index (χ3n) is 15.9. The van der Waals surface area contributed by atoms with Crippen LogP contribution in [-0.2, 0) is 28.6 Å². The average Bonchev–Trinajstić information content (AvgIpc) is 3.40. The van der Waals surface area contributed by atoms with Crippen LogP contribution in [0.25, 0.3) is 0 Å². The van der Waals surface area contributed by atoms with Gasteiger partial charge in [0.1, 0.15) is 13.2 Å². The maximum absolute atomic E-state index is 12.9. The van der Waals surface area contributed by atoms with E-state index >= 15 is 0 Å².